The number of fused-ring (bicyclic) bond motifs is 1. The van der Waals surface area contributed by atoms with E-state index < -0.39 is 0 Å². The van der Waals surface area contributed by atoms with E-state index in [-0.39, 0.29) is 0 Å². The highest BCUT2D eigenvalue weighted by Gasteiger charge is 2.18. The van der Waals surface area contributed by atoms with E-state index >= 15 is 0 Å². The van der Waals surface area contributed by atoms with Crippen molar-refractivity contribution in [3.05, 3.63) is 55.0 Å². The predicted octanol–water partition coefficient (Wildman–Crippen LogP) is 3.27. The van der Waals surface area contributed by atoms with E-state index in [2.05, 4.69) is 28.1 Å². The van der Waals surface area contributed by atoms with Gasteiger partial charge in [-0.3, -0.25) is 4.90 Å². The smallest absolute Gasteiger partial charge is 0.242 e. The minimum atomic E-state index is 0.552. The van der Waals surface area contributed by atoms with Crippen molar-refractivity contribution in [3.63, 3.8) is 0 Å². The molecule has 4 aromatic rings. The lowest BCUT2D eigenvalue weighted by Crippen LogP contribution is -2.25. The Morgan fingerprint density at radius 2 is 1.86 bits per heavy atom. The van der Waals surface area contributed by atoms with Crippen LogP contribution in [-0.2, 0) is 7.05 Å². The summed E-state index contributed by atoms with van der Waals surface area (Å²) in [5.41, 5.74) is 3.07. The second-order valence-corrected chi connectivity index (χ2v) is 7.39. The molecule has 1 fully saturated rings. The molecule has 0 unspecified atom stereocenters. The molecule has 148 valence electrons. The number of likely N-dealkylation sites (tertiary alicyclic amines) is 1. The van der Waals surface area contributed by atoms with Gasteiger partial charge in [0.05, 0.1) is 0 Å². The van der Waals surface area contributed by atoms with Crippen molar-refractivity contribution in [1.82, 2.24) is 29.0 Å². The van der Waals surface area contributed by atoms with Gasteiger partial charge < -0.3 is 9.30 Å². The third-order valence-electron chi connectivity index (χ3n) is 5.43. The lowest BCUT2D eigenvalue weighted by molar-refractivity contribution is 0.233. The molecule has 0 N–H and O–H groups in total. The second-order valence-electron chi connectivity index (χ2n) is 7.39. The summed E-state index contributed by atoms with van der Waals surface area (Å²) in [6.45, 7) is 3.82. The highest BCUT2D eigenvalue weighted by atomic mass is 16.5. The zero-order valence-electron chi connectivity index (χ0n) is 16.5. The van der Waals surface area contributed by atoms with E-state index in [1.807, 2.05) is 46.7 Å². The van der Waals surface area contributed by atoms with Crippen molar-refractivity contribution in [3.8, 4) is 28.7 Å². The Bertz CT molecular complexity index is 1110. The summed E-state index contributed by atoms with van der Waals surface area (Å²) in [6, 6.07) is 12.3. The van der Waals surface area contributed by atoms with Crippen molar-refractivity contribution in [1.29, 1.82) is 0 Å². The second kappa shape index (κ2) is 7.67. The maximum absolute atomic E-state index is 6.23. The zero-order chi connectivity index (χ0) is 19.6. The monoisotopic (exact) mass is 388 g/mol. The van der Waals surface area contributed by atoms with Crippen LogP contribution in [-0.4, -0.2) is 55.3 Å². The molecule has 3 aromatic heterocycles. The molecular weight excluding hydrogens is 364 g/mol. The minimum absolute atomic E-state index is 0.552. The lowest BCUT2D eigenvalue weighted by atomic mass is 10.1. The molecule has 0 atom stereocenters. The molecule has 4 heterocycles. The first-order valence-corrected chi connectivity index (χ1v) is 10.1. The van der Waals surface area contributed by atoms with Crippen molar-refractivity contribution in [2.24, 2.45) is 7.05 Å². The molecule has 0 saturated carbocycles. The molecule has 0 aliphatic carbocycles. The van der Waals surface area contributed by atoms with E-state index in [1.54, 1.807) is 6.20 Å². The summed E-state index contributed by atoms with van der Waals surface area (Å²) in [7, 11) is 1.94. The molecule has 29 heavy (non-hydrogen) atoms. The fraction of sp³-hybridized carbons (Fsp3) is 0.318. The molecule has 5 rings (SSSR count). The van der Waals surface area contributed by atoms with E-state index in [9.17, 15) is 0 Å². The summed E-state index contributed by atoms with van der Waals surface area (Å²) < 4.78 is 9.99. The van der Waals surface area contributed by atoms with Gasteiger partial charge in [0.15, 0.2) is 5.82 Å². The molecule has 1 aliphatic heterocycles. The minimum Gasteiger partial charge on any atom is -0.475 e. The molecular formula is C22H24N6O. The van der Waals surface area contributed by atoms with Crippen molar-refractivity contribution < 1.29 is 4.74 Å². The molecule has 7 nitrogen and oxygen atoms in total. The highest BCUT2D eigenvalue weighted by Crippen LogP contribution is 2.32. The summed E-state index contributed by atoms with van der Waals surface area (Å²) in [5, 5.41) is 4.70. The van der Waals surface area contributed by atoms with Crippen LogP contribution < -0.4 is 4.74 Å². The fourth-order valence-electron chi connectivity index (χ4n) is 3.90. The topological polar surface area (TPSA) is 60.5 Å². The van der Waals surface area contributed by atoms with E-state index in [0.717, 1.165) is 36.3 Å². The fourth-order valence-corrected chi connectivity index (χ4v) is 3.90. The molecule has 1 aromatic carbocycles. The molecule has 0 radical (unpaired) electrons. The maximum atomic E-state index is 6.23. The standard InChI is InChI=1S/C22H24N6O/c1-26-14-10-23-21(26)20-24-22(29-16-15-27-11-5-6-12-27)19-18(9-13-28(19)25-20)17-7-3-2-4-8-17/h2-4,7-10,13-14H,5-6,11-12,15-16H2,1H3. The highest BCUT2D eigenvalue weighted by molar-refractivity contribution is 5.84. The number of nitrogens with zero attached hydrogens (tertiary/aromatic N) is 6. The zero-order valence-corrected chi connectivity index (χ0v) is 16.5. The summed E-state index contributed by atoms with van der Waals surface area (Å²) >= 11 is 0. The maximum Gasteiger partial charge on any atom is 0.242 e. The third kappa shape index (κ3) is 3.49. The van der Waals surface area contributed by atoms with E-state index in [0.29, 0.717) is 24.1 Å². The number of benzene rings is 1. The van der Waals surface area contributed by atoms with Crippen LogP contribution in [0.15, 0.2) is 55.0 Å². The van der Waals surface area contributed by atoms with Crippen LogP contribution >= 0.6 is 0 Å². The van der Waals surface area contributed by atoms with E-state index in [4.69, 9.17) is 14.8 Å². The van der Waals surface area contributed by atoms with Crippen molar-refractivity contribution in [2.75, 3.05) is 26.2 Å². The number of aromatic nitrogens is 5. The Morgan fingerprint density at radius 1 is 1.03 bits per heavy atom. The molecule has 7 heteroatoms. The Balaban J connectivity index is 1.55. The molecule has 0 spiro atoms. The van der Waals surface area contributed by atoms with Crippen LogP contribution in [0.4, 0.5) is 0 Å². The van der Waals surface area contributed by atoms with Crippen LogP contribution in [0, 0.1) is 0 Å². The van der Waals surface area contributed by atoms with Gasteiger partial charge in [-0.25, -0.2) is 9.50 Å². The number of hydrogen-bond acceptors (Lipinski definition) is 5. The Labute approximate surface area is 169 Å². The molecule has 0 amide bonds. The van der Waals surface area contributed by atoms with E-state index in [1.165, 1.54) is 12.8 Å². The van der Waals surface area contributed by atoms with Gasteiger partial charge in [-0.1, -0.05) is 30.3 Å². The van der Waals surface area contributed by atoms with Crippen LogP contribution in [0.3, 0.4) is 0 Å². The Morgan fingerprint density at radius 3 is 2.62 bits per heavy atom. The number of ether oxygens (including phenoxy) is 1. The number of rotatable bonds is 6. The van der Waals surface area contributed by atoms with Crippen LogP contribution in [0.1, 0.15) is 12.8 Å². The van der Waals surface area contributed by atoms with Gasteiger partial charge in [-0.15, -0.1) is 5.10 Å². The molecule has 1 saturated heterocycles. The lowest BCUT2D eigenvalue weighted by Gasteiger charge is -2.15. The number of aryl methyl sites for hydroxylation is 1. The first-order chi connectivity index (χ1) is 14.3. The Kier molecular flexibility index (Phi) is 4.73. The largest absolute Gasteiger partial charge is 0.475 e. The van der Waals surface area contributed by atoms with Gasteiger partial charge in [0.1, 0.15) is 12.1 Å². The van der Waals surface area contributed by atoms with Crippen LogP contribution in [0.2, 0.25) is 0 Å². The molecule has 0 bridgehead atoms. The predicted molar refractivity (Wildman–Crippen MR) is 112 cm³/mol. The van der Waals surface area contributed by atoms with Gasteiger partial charge in [-0.2, -0.15) is 4.98 Å². The average Bonchev–Trinajstić information content (AvgIpc) is 3.49. The van der Waals surface area contributed by atoms with Gasteiger partial charge >= 0.3 is 0 Å². The van der Waals surface area contributed by atoms with Crippen LogP contribution in [0.5, 0.6) is 5.88 Å². The first kappa shape index (κ1) is 17.9. The Hall–Kier alpha value is -3.19. The normalized spacial score (nSPS) is 14.7. The third-order valence-corrected chi connectivity index (χ3v) is 5.43. The van der Waals surface area contributed by atoms with Crippen molar-refractivity contribution in [2.45, 2.75) is 12.8 Å². The van der Waals surface area contributed by atoms with Gasteiger partial charge in [-0.05, 0) is 37.6 Å². The quantitative estimate of drug-likeness (QED) is 0.507. The van der Waals surface area contributed by atoms with Crippen molar-refractivity contribution >= 4 is 5.52 Å². The van der Waals surface area contributed by atoms with Gasteiger partial charge in [0.25, 0.3) is 0 Å². The summed E-state index contributed by atoms with van der Waals surface area (Å²) in [4.78, 5) is 11.6. The average molecular weight is 388 g/mol. The first-order valence-electron chi connectivity index (χ1n) is 10.1. The van der Waals surface area contributed by atoms with Gasteiger partial charge in [0, 0.05) is 37.7 Å². The SMILES string of the molecule is Cn1ccnc1-c1nc(OCCN2CCCC2)c2c(-c3ccccc3)ccn2n1. The number of imidazole rings is 1. The summed E-state index contributed by atoms with van der Waals surface area (Å²) in [5.74, 6) is 1.86. The summed E-state index contributed by atoms with van der Waals surface area (Å²) in [6.07, 6.45) is 8.15. The number of hydrogen-bond donors (Lipinski definition) is 0. The van der Waals surface area contributed by atoms with Crippen LogP contribution in [0.25, 0.3) is 28.3 Å². The molecule has 1 aliphatic rings. The van der Waals surface area contributed by atoms with Gasteiger partial charge in [0.2, 0.25) is 11.7 Å².